The van der Waals surface area contributed by atoms with Gasteiger partial charge >= 0.3 is 6.18 Å². The lowest BCUT2D eigenvalue weighted by molar-refractivity contribution is -0.143. The molecule has 2 heterocycles. The van der Waals surface area contributed by atoms with Crippen LogP contribution in [0.5, 0.6) is 5.75 Å². The third-order valence-electron chi connectivity index (χ3n) is 2.55. The van der Waals surface area contributed by atoms with Crippen molar-refractivity contribution in [3.8, 4) is 5.75 Å². The summed E-state index contributed by atoms with van der Waals surface area (Å²) in [5.41, 5.74) is 0.427. The average molecular weight is 260 g/mol. The summed E-state index contributed by atoms with van der Waals surface area (Å²) in [5.74, 6) is -0.0958. The van der Waals surface area contributed by atoms with Gasteiger partial charge in [-0.1, -0.05) is 0 Å². The second kappa shape index (κ2) is 4.83. The van der Waals surface area contributed by atoms with Crippen LogP contribution in [0.15, 0.2) is 18.5 Å². The summed E-state index contributed by atoms with van der Waals surface area (Å²) < 4.78 is 41.5. The van der Waals surface area contributed by atoms with Crippen molar-refractivity contribution in [1.82, 2.24) is 4.98 Å². The molecular weight excluding hydrogens is 249 g/mol. The van der Waals surface area contributed by atoms with Crippen molar-refractivity contribution in [2.24, 2.45) is 0 Å². The second-order valence-corrected chi connectivity index (χ2v) is 3.85. The van der Waals surface area contributed by atoms with Crippen molar-refractivity contribution in [1.29, 1.82) is 0 Å². The molecule has 1 aromatic heterocycles. The van der Waals surface area contributed by atoms with Gasteiger partial charge in [0.05, 0.1) is 19.2 Å². The van der Waals surface area contributed by atoms with Crippen molar-refractivity contribution in [2.45, 2.75) is 19.0 Å². The second-order valence-electron chi connectivity index (χ2n) is 3.85. The van der Waals surface area contributed by atoms with Crippen LogP contribution < -0.4 is 9.64 Å². The Hall–Kier alpha value is -1.79. The van der Waals surface area contributed by atoms with Gasteiger partial charge in [-0.3, -0.25) is 9.78 Å². The molecule has 1 aromatic rings. The van der Waals surface area contributed by atoms with Gasteiger partial charge < -0.3 is 9.64 Å². The number of aromatic nitrogens is 1. The van der Waals surface area contributed by atoms with E-state index in [9.17, 15) is 18.0 Å². The highest BCUT2D eigenvalue weighted by molar-refractivity contribution is 5.95. The molecule has 7 heteroatoms. The van der Waals surface area contributed by atoms with Crippen LogP contribution in [0.2, 0.25) is 0 Å². The van der Waals surface area contributed by atoms with Gasteiger partial charge in [0, 0.05) is 18.7 Å². The summed E-state index contributed by atoms with van der Waals surface area (Å²) >= 11 is 0. The lowest BCUT2D eigenvalue weighted by atomic mass is 10.2. The maximum atomic E-state index is 12.1. The fourth-order valence-corrected chi connectivity index (χ4v) is 1.71. The van der Waals surface area contributed by atoms with E-state index in [1.54, 1.807) is 6.07 Å². The molecule has 0 fully saturated rings. The number of carbonyl (C=O) groups is 1. The van der Waals surface area contributed by atoms with Gasteiger partial charge in [-0.2, -0.15) is 13.2 Å². The normalized spacial score (nSPS) is 14.9. The molecule has 1 amide bonds. The van der Waals surface area contributed by atoms with Gasteiger partial charge in [-0.15, -0.1) is 0 Å². The summed E-state index contributed by atoms with van der Waals surface area (Å²) in [6, 6.07) is 1.58. The average Bonchev–Trinajstić information content (AvgIpc) is 2.34. The first-order valence-corrected chi connectivity index (χ1v) is 5.41. The highest BCUT2D eigenvalue weighted by Crippen LogP contribution is 2.31. The van der Waals surface area contributed by atoms with Gasteiger partial charge in [0.15, 0.2) is 0 Å². The first kappa shape index (κ1) is 12.7. The fourth-order valence-electron chi connectivity index (χ4n) is 1.71. The Morgan fingerprint density at radius 1 is 1.50 bits per heavy atom. The number of hydrogen-bond donors (Lipinski definition) is 0. The topological polar surface area (TPSA) is 42.4 Å². The molecule has 0 spiro atoms. The van der Waals surface area contributed by atoms with E-state index >= 15 is 0 Å². The Bertz CT molecular complexity index is 448. The van der Waals surface area contributed by atoms with Crippen LogP contribution in [-0.4, -0.2) is 30.2 Å². The van der Waals surface area contributed by atoms with E-state index in [0.29, 0.717) is 11.4 Å². The summed E-state index contributed by atoms with van der Waals surface area (Å²) in [4.78, 5) is 16.9. The third kappa shape index (κ3) is 2.91. The Balaban J connectivity index is 2.08. The first-order chi connectivity index (χ1) is 8.47. The highest BCUT2D eigenvalue weighted by Gasteiger charge is 2.31. The minimum atomic E-state index is -4.32. The summed E-state index contributed by atoms with van der Waals surface area (Å²) in [6.07, 6.45) is -3.07. The standard InChI is InChI=1S/C11H11F3N2O2/c12-11(13,14)3-1-10(17)16-5-6-18-9-2-4-15-7-8(9)16/h2,4,7H,1,3,5-6H2. The summed E-state index contributed by atoms with van der Waals surface area (Å²) in [6.45, 7) is 0.518. The van der Waals surface area contributed by atoms with E-state index in [4.69, 9.17) is 4.74 Å². The van der Waals surface area contributed by atoms with Gasteiger partial charge in [0.1, 0.15) is 18.0 Å². The monoisotopic (exact) mass is 260 g/mol. The quantitative estimate of drug-likeness (QED) is 0.818. The molecule has 18 heavy (non-hydrogen) atoms. The lowest BCUT2D eigenvalue weighted by Gasteiger charge is -2.29. The summed E-state index contributed by atoms with van der Waals surface area (Å²) in [7, 11) is 0. The van der Waals surface area contributed by atoms with Crippen LogP contribution in [0.3, 0.4) is 0 Å². The number of anilines is 1. The van der Waals surface area contributed by atoms with E-state index in [1.807, 2.05) is 0 Å². The third-order valence-corrected chi connectivity index (χ3v) is 2.55. The SMILES string of the molecule is O=C(CCC(F)(F)F)N1CCOc2ccncc21. The molecule has 4 nitrogen and oxygen atoms in total. The Morgan fingerprint density at radius 3 is 3.00 bits per heavy atom. The molecule has 0 unspecified atom stereocenters. The van der Waals surface area contributed by atoms with E-state index in [-0.39, 0.29) is 13.2 Å². The maximum Gasteiger partial charge on any atom is 0.389 e. The molecule has 0 bridgehead atoms. The van der Waals surface area contributed by atoms with Crippen LogP contribution in [0.1, 0.15) is 12.8 Å². The highest BCUT2D eigenvalue weighted by atomic mass is 19.4. The molecular formula is C11H11F3N2O2. The van der Waals surface area contributed by atoms with Crippen molar-refractivity contribution in [3.05, 3.63) is 18.5 Å². The molecule has 0 atom stereocenters. The maximum absolute atomic E-state index is 12.1. The van der Waals surface area contributed by atoms with Crippen molar-refractivity contribution < 1.29 is 22.7 Å². The van der Waals surface area contributed by atoms with Crippen LogP contribution in [0.25, 0.3) is 0 Å². The first-order valence-electron chi connectivity index (χ1n) is 5.41. The predicted octanol–water partition coefficient (Wildman–Crippen LogP) is 2.15. The number of pyridine rings is 1. The molecule has 1 aliphatic heterocycles. The van der Waals surface area contributed by atoms with Crippen LogP contribution in [-0.2, 0) is 4.79 Å². The van der Waals surface area contributed by atoms with Crippen LogP contribution >= 0.6 is 0 Å². The molecule has 98 valence electrons. The Kier molecular flexibility index (Phi) is 3.40. The van der Waals surface area contributed by atoms with Crippen molar-refractivity contribution >= 4 is 11.6 Å². The number of nitrogens with zero attached hydrogens (tertiary/aromatic N) is 2. The predicted molar refractivity (Wildman–Crippen MR) is 57.4 cm³/mol. The van der Waals surface area contributed by atoms with Crippen molar-refractivity contribution in [3.63, 3.8) is 0 Å². The molecule has 0 saturated heterocycles. The zero-order valence-electron chi connectivity index (χ0n) is 9.41. The zero-order chi connectivity index (χ0) is 13.2. The minimum absolute atomic E-state index is 0.245. The molecule has 0 aliphatic carbocycles. The molecule has 2 rings (SSSR count). The number of rotatable bonds is 2. The number of alkyl halides is 3. The lowest BCUT2D eigenvalue weighted by Crippen LogP contribution is -2.38. The number of fused-ring (bicyclic) bond motifs is 1. The number of halogens is 3. The smallest absolute Gasteiger partial charge is 0.389 e. The van der Waals surface area contributed by atoms with E-state index in [0.717, 1.165) is 0 Å². The zero-order valence-corrected chi connectivity index (χ0v) is 9.41. The number of amides is 1. The van der Waals surface area contributed by atoms with Gasteiger partial charge in [0.25, 0.3) is 0 Å². The van der Waals surface area contributed by atoms with E-state index < -0.39 is 24.9 Å². The largest absolute Gasteiger partial charge is 0.489 e. The molecule has 0 radical (unpaired) electrons. The van der Waals surface area contributed by atoms with E-state index in [2.05, 4.69) is 4.98 Å². The number of hydrogen-bond acceptors (Lipinski definition) is 3. The number of ether oxygens (including phenoxy) is 1. The van der Waals surface area contributed by atoms with E-state index in [1.165, 1.54) is 17.3 Å². The molecule has 0 saturated carbocycles. The number of carbonyl (C=O) groups excluding carboxylic acids is 1. The van der Waals surface area contributed by atoms with Gasteiger partial charge in [-0.25, -0.2) is 0 Å². The van der Waals surface area contributed by atoms with Crippen LogP contribution in [0, 0.1) is 0 Å². The fraction of sp³-hybridized carbons (Fsp3) is 0.455. The Labute approximate surface area is 101 Å². The molecule has 0 N–H and O–H groups in total. The van der Waals surface area contributed by atoms with Crippen molar-refractivity contribution in [2.75, 3.05) is 18.1 Å². The van der Waals surface area contributed by atoms with Gasteiger partial charge in [0.2, 0.25) is 5.91 Å². The Morgan fingerprint density at radius 2 is 2.28 bits per heavy atom. The van der Waals surface area contributed by atoms with Gasteiger partial charge in [-0.05, 0) is 0 Å². The summed E-state index contributed by atoms with van der Waals surface area (Å²) in [5, 5.41) is 0. The molecule has 1 aliphatic rings. The van der Waals surface area contributed by atoms with Crippen LogP contribution in [0.4, 0.5) is 18.9 Å². The molecule has 0 aromatic carbocycles. The minimum Gasteiger partial charge on any atom is -0.489 e.